The van der Waals surface area contributed by atoms with E-state index in [9.17, 15) is 13.2 Å². The minimum Gasteiger partial charge on any atom is -0.310 e. The first-order chi connectivity index (χ1) is 11.4. The van der Waals surface area contributed by atoms with E-state index in [0.29, 0.717) is 25.3 Å². The Morgan fingerprint density at radius 3 is 2.83 bits per heavy atom. The number of carbonyl (C=O) groups excluding carboxylic acids is 1. The van der Waals surface area contributed by atoms with Gasteiger partial charge in [-0.3, -0.25) is 10.1 Å². The molecule has 24 heavy (non-hydrogen) atoms. The summed E-state index contributed by atoms with van der Waals surface area (Å²) in [6.45, 7) is 3.18. The maximum atomic E-state index is 12.6. The van der Waals surface area contributed by atoms with Crippen molar-refractivity contribution >= 4 is 32.9 Å². The van der Waals surface area contributed by atoms with Crippen molar-refractivity contribution in [3.05, 3.63) is 24.3 Å². The fourth-order valence-electron chi connectivity index (χ4n) is 3.21. The van der Waals surface area contributed by atoms with Gasteiger partial charge in [0.15, 0.2) is 0 Å². The molecule has 0 spiro atoms. The average molecular weight is 350 g/mol. The standard InChI is InChI=1S/C16H22N4O3S/c1-3-10-19-13-8-5-4-7-12(13)17-16(19)18-15(21)14-9-6-11-20(14)24(2,22)23/h4-5,7-8,14H,3,6,9-11H2,1-2H3,(H,17,18,21). The van der Waals surface area contributed by atoms with Gasteiger partial charge < -0.3 is 4.57 Å². The second-order valence-electron chi connectivity index (χ2n) is 6.10. The molecule has 2 heterocycles. The van der Waals surface area contributed by atoms with E-state index < -0.39 is 16.1 Å². The van der Waals surface area contributed by atoms with Crippen molar-refractivity contribution in [3.63, 3.8) is 0 Å². The lowest BCUT2D eigenvalue weighted by Gasteiger charge is -2.21. The summed E-state index contributed by atoms with van der Waals surface area (Å²) in [5.41, 5.74) is 1.77. The van der Waals surface area contributed by atoms with E-state index in [2.05, 4.69) is 17.2 Å². The molecule has 1 aromatic heterocycles. The van der Waals surface area contributed by atoms with Crippen molar-refractivity contribution < 1.29 is 13.2 Å². The predicted octanol–water partition coefficient (Wildman–Crippen LogP) is 1.81. The number of sulfonamides is 1. The number of aryl methyl sites for hydroxylation is 1. The van der Waals surface area contributed by atoms with Crippen LogP contribution in [0.15, 0.2) is 24.3 Å². The highest BCUT2D eigenvalue weighted by atomic mass is 32.2. The smallest absolute Gasteiger partial charge is 0.245 e. The van der Waals surface area contributed by atoms with Crippen molar-refractivity contribution in [1.29, 1.82) is 0 Å². The molecule has 1 aliphatic rings. The topological polar surface area (TPSA) is 84.3 Å². The van der Waals surface area contributed by atoms with Crippen LogP contribution in [0, 0.1) is 0 Å². The van der Waals surface area contributed by atoms with Crippen molar-refractivity contribution in [2.75, 3.05) is 18.1 Å². The first-order valence-electron chi connectivity index (χ1n) is 8.14. The summed E-state index contributed by atoms with van der Waals surface area (Å²) in [5, 5.41) is 2.84. The van der Waals surface area contributed by atoms with Crippen LogP contribution in [0.2, 0.25) is 0 Å². The molecule has 1 unspecified atom stereocenters. The largest absolute Gasteiger partial charge is 0.310 e. The Kier molecular flexibility index (Phi) is 4.60. The SMILES string of the molecule is CCCn1c(NC(=O)C2CCCN2S(C)(=O)=O)nc2ccccc21. The average Bonchev–Trinajstić information content (AvgIpc) is 3.13. The molecule has 0 radical (unpaired) electrons. The van der Waals surface area contributed by atoms with Crippen molar-refractivity contribution in [2.45, 2.75) is 38.8 Å². The maximum absolute atomic E-state index is 12.6. The number of nitrogens with zero attached hydrogens (tertiary/aromatic N) is 3. The normalized spacial score (nSPS) is 19.0. The number of para-hydroxylation sites is 2. The summed E-state index contributed by atoms with van der Waals surface area (Å²) in [4.78, 5) is 17.1. The van der Waals surface area contributed by atoms with Gasteiger partial charge in [0, 0.05) is 13.1 Å². The van der Waals surface area contributed by atoms with E-state index in [1.807, 2.05) is 28.8 Å². The molecule has 1 amide bonds. The van der Waals surface area contributed by atoms with Crippen LogP contribution in [0.5, 0.6) is 0 Å². The third-order valence-electron chi connectivity index (χ3n) is 4.27. The van der Waals surface area contributed by atoms with Gasteiger partial charge in [-0.1, -0.05) is 19.1 Å². The number of rotatable bonds is 5. The van der Waals surface area contributed by atoms with Gasteiger partial charge in [0.2, 0.25) is 21.9 Å². The van der Waals surface area contributed by atoms with E-state index in [-0.39, 0.29) is 5.91 Å². The van der Waals surface area contributed by atoms with Crippen molar-refractivity contribution in [2.24, 2.45) is 0 Å². The van der Waals surface area contributed by atoms with Crippen LogP contribution in [0.4, 0.5) is 5.95 Å². The highest BCUT2D eigenvalue weighted by molar-refractivity contribution is 7.88. The molecular formula is C16H22N4O3S. The van der Waals surface area contributed by atoms with Crippen LogP contribution in [0.1, 0.15) is 26.2 Å². The van der Waals surface area contributed by atoms with Gasteiger partial charge in [0.1, 0.15) is 6.04 Å². The fourth-order valence-corrected chi connectivity index (χ4v) is 4.34. The third kappa shape index (κ3) is 3.16. The van der Waals surface area contributed by atoms with Crippen molar-refractivity contribution in [3.8, 4) is 0 Å². The van der Waals surface area contributed by atoms with Crippen LogP contribution in [0.3, 0.4) is 0 Å². The quantitative estimate of drug-likeness (QED) is 0.891. The number of fused-ring (bicyclic) bond motifs is 1. The van der Waals surface area contributed by atoms with Gasteiger partial charge in [-0.05, 0) is 31.4 Å². The van der Waals surface area contributed by atoms with Crippen LogP contribution in [-0.2, 0) is 21.4 Å². The van der Waals surface area contributed by atoms with Gasteiger partial charge in [-0.15, -0.1) is 0 Å². The molecular weight excluding hydrogens is 328 g/mol. The number of carbonyl (C=O) groups is 1. The van der Waals surface area contributed by atoms with Crippen LogP contribution in [-0.4, -0.2) is 47.0 Å². The number of nitrogens with one attached hydrogen (secondary N) is 1. The molecule has 1 N–H and O–H groups in total. The second-order valence-corrected chi connectivity index (χ2v) is 8.03. The molecule has 1 saturated heterocycles. The Balaban J connectivity index is 1.89. The summed E-state index contributed by atoms with van der Waals surface area (Å²) in [6, 6.07) is 7.04. The zero-order chi connectivity index (χ0) is 17.3. The summed E-state index contributed by atoms with van der Waals surface area (Å²) >= 11 is 0. The van der Waals surface area contributed by atoms with E-state index in [1.54, 1.807) is 0 Å². The maximum Gasteiger partial charge on any atom is 0.245 e. The molecule has 7 nitrogen and oxygen atoms in total. The highest BCUT2D eigenvalue weighted by Gasteiger charge is 2.36. The Hall–Kier alpha value is -1.93. The van der Waals surface area contributed by atoms with Gasteiger partial charge >= 0.3 is 0 Å². The molecule has 0 saturated carbocycles. The van der Waals surface area contributed by atoms with E-state index in [1.165, 1.54) is 4.31 Å². The molecule has 130 valence electrons. The lowest BCUT2D eigenvalue weighted by molar-refractivity contribution is -0.119. The highest BCUT2D eigenvalue weighted by Crippen LogP contribution is 2.24. The first kappa shape index (κ1) is 16.9. The predicted molar refractivity (Wildman–Crippen MR) is 93.2 cm³/mol. The molecule has 8 heteroatoms. The molecule has 1 aromatic carbocycles. The Morgan fingerprint density at radius 2 is 2.12 bits per heavy atom. The number of anilines is 1. The zero-order valence-corrected chi connectivity index (χ0v) is 14.7. The number of imidazole rings is 1. The monoisotopic (exact) mass is 350 g/mol. The van der Waals surface area contributed by atoms with E-state index in [0.717, 1.165) is 30.3 Å². The molecule has 0 aliphatic carbocycles. The minimum absolute atomic E-state index is 0.314. The molecule has 1 aliphatic heterocycles. The second kappa shape index (κ2) is 6.52. The molecule has 0 bridgehead atoms. The van der Waals surface area contributed by atoms with Gasteiger partial charge in [-0.2, -0.15) is 4.31 Å². The number of amides is 1. The lowest BCUT2D eigenvalue weighted by Crippen LogP contribution is -2.42. The summed E-state index contributed by atoms with van der Waals surface area (Å²) < 4.78 is 26.9. The fraction of sp³-hybridized carbons (Fsp3) is 0.500. The number of benzene rings is 1. The summed E-state index contributed by atoms with van der Waals surface area (Å²) in [6.07, 6.45) is 3.27. The van der Waals surface area contributed by atoms with Crippen LogP contribution >= 0.6 is 0 Å². The Labute approximate surface area is 141 Å². The third-order valence-corrected chi connectivity index (χ3v) is 5.56. The molecule has 2 aromatic rings. The zero-order valence-electron chi connectivity index (χ0n) is 13.9. The summed E-state index contributed by atoms with van der Waals surface area (Å²) in [7, 11) is -3.39. The minimum atomic E-state index is -3.39. The van der Waals surface area contributed by atoms with Crippen LogP contribution < -0.4 is 5.32 Å². The van der Waals surface area contributed by atoms with Crippen molar-refractivity contribution in [1.82, 2.24) is 13.9 Å². The molecule has 1 atom stereocenters. The Morgan fingerprint density at radius 1 is 1.38 bits per heavy atom. The van der Waals surface area contributed by atoms with Gasteiger partial charge in [0.25, 0.3) is 0 Å². The Bertz CT molecular complexity index is 859. The first-order valence-corrected chi connectivity index (χ1v) is 9.99. The number of hydrogen-bond acceptors (Lipinski definition) is 4. The van der Waals surface area contributed by atoms with Crippen LogP contribution in [0.25, 0.3) is 11.0 Å². The molecule has 3 rings (SSSR count). The van der Waals surface area contributed by atoms with E-state index >= 15 is 0 Å². The lowest BCUT2D eigenvalue weighted by atomic mass is 10.2. The van der Waals surface area contributed by atoms with Gasteiger partial charge in [0.05, 0.1) is 17.3 Å². The summed E-state index contributed by atoms with van der Waals surface area (Å²) in [5.74, 6) is 0.161. The van der Waals surface area contributed by atoms with Gasteiger partial charge in [-0.25, -0.2) is 13.4 Å². The number of aromatic nitrogens is 2. The van der Waals surface area contributed by atoms with E-state index in [4.69, 9.17) is 0 Å². The number of hydrogen-bond donors (Lipinski definition) is 1. The molecule has 1 fully saturated rings.